The van der Waals surface area contributed by atoms with Gasteiger partial charge in [0.1, 0.15) is 5.82 Å². The van der Waals surface area contributed by atoms with Gasteiger partial charge < -0.3 is 5.32 Å². The lowest BCUT2D eigenvalue weighted by atomic mass is 10.2. The third-order valence-corrected chi connectivity index (χ3v) is 3.72. The van der Waals surface area contributed by atoms with Gasteiger partial charge in [0.25, 0.3) is 5.91 Å². The van der Waals surface area contributed by atoms with E-state index in [1.807, 2.05) is 32.4 Å². The van der Waals surface area contributed by atoms with Gasteiger partial charge in [-0.3, -0.25) is 9.48 Å². The van der Waals surface area contributed by atoms with E-state index in [2.05, 4.69) is 26.3 Å². The molecule has 0 bridgehead atoms. The zero-order valence-electron chi connectivity index (χ0n) is 12.4. The van der Waals surface area contributed by atoms with Crippen LogP contribution in [0.3, 0.4) is 0 Å². The summed E-state index contributed by atoms with van der Waals surface area (Å²) in [7, 11) is 0. The number of carbonyl (C=O) groups is 1. The first-order chi connectivity index (χ1) is 9.81. The summed E-state index contributed by atoms with van der Waals surface area (Å²) in [4.78, 5) is 12.2. The average molecular weight is 354 g/mol. The number of nitrogens with zero attached hydrogens (tertiary/aromatic N) is 2. The molecule has 0 saturated heterocycles. The summed E-state index contributed by atoms with van der Waals surface area (Å²) in [5.74, 6) is -1.04. The topological polar surface area (TPSA) is 46.9 Å². The lowest BCUT2D eigenvalue weighted by Crippen LogP contribution is -2.15. The number of aromatic nitrogens is 2. The quantitative estimate of drug-likeness (QED) is 0.897. The van der Waals surface area contributed by atoms with Gasteiger partial charge in [-0.2, -0.15) is 5.10 Å². The number of rotatable bonds is 3. The molecule has 1 aromatic carbocycles. The predicted octanol–water partition coefficient (Wildman–Crippen LogP) is 4.23. The number of amides is 1. The molecule has 0 aliphatic rings. The molecule has 112 valence electrons. The van der Waals surface area contributed by atoms with Crippen LogP contribution in [-0.4, -0.2) is 15.7 Å². The number of nitrogens with one attached hydrogen (secondary N) is 1. The van der Waals surface area contributed by atoms with E-state index in [0.717, 1.165) is 5.69 Å². The normalized spacial score (nSPS) is 11.0. The highest BCUT2D eigenvalue weighted by Gasteiger charge is 2.18. The molecule has 0 radical (unpaired) electrons. The second-order valence-electron chi connectivity index (χ2n) is 5.16. The Morgan fingerprint density at radius 3 is 2.57 bits per heavy atom. The molecule has 0 saturated carbocycles. The van der Waals surface area contributed by atoms with Gasteiger partial charge in [0.2, 0.25) is 0 Å². The van der Waals surface area contributed by atoms with Gasteiger partial charge in [-0.1, -0.05) is 15.9 Å². The molecule has 1 N–H and O–H groups in total. The minimum Gasteiger partial charge on any atom is -0.319 e. The summed E-state index contributed by atoms with van der Waals surface area (Å²) in [6.45, 7) is 7.73. The molecule has 1 heterocycles. The third kappa shape index (κ3) is 3.15. The van der Waals surface area contributed by atoms with Crippen LogP contribution in [0.15, 0.2) is 22.7 Å². The van der Waals surface area contributed by atoms with Gasteiger partial charge in [-0.15, -0.1) is 0 Å². The van der Waals surface area contributed by atoms with Crippen LogP contribution in [0, 0.1) is 19.7 Å². The average Bonchev–Trinajstić information content (AvgIpc) is 2.66. The molecule has 0 spiro atoms. The van der Waals surface area contributed by atoms with Gasteiger partial charge in [0, 0.05) is 10.5 Å². The van der Waals surface area contributed by atoms with E-state index in [9.17, 15) is 9.18 Å². The monoisotopic (exact) mass is 353 g/mol. The third-order valence-electron chi connectivity index (χ3n) is 3.23. The first kappa shape index (κ1) is 15.7. The van der Waals surface area contributed by atoms with Crippen LogP contribution in [-0.2, 0) is 0 Å². The first-order valence-electron chi connectivity index (χ1n) is 6.63. The molecule has 1 amide bonds. The summed E-state index contributed by atoms with van der Waals surface area (Å²) in [6.07, 6.45) is 0. The Bertz CT molecular complexity index is 694. The Morgan fingerprint density at radius 2 is 2.05 bits per heavy atom. The van der Waals surface area contributed by atoms with E-state index in [1.165, 1.54) is 12.1 Å². The van der Waals surface area contributed by atoms with Crippen molar-refractivity contribution in [2.75, 3.05) is 5.32 Å². The lowest BCUT2D eigenvalue weighted by molar-refractivity contribution is 0.102. The van der Waals surface area contributed by atoms with Crippen molar-refractivity contribution in [3.05, 3.63) is 45.4 Å². The fraction of sp³-hybridized carbons (Fsp3) is 0.333. The summed E-state index contributed by atoms with van der Waals surface area (Å²) in [5, 5.41) is 7.15. The number of anilines is 1. The van der Waals surface area contributed by atoms with Crippen molar-refractivity contribution in [2.45, 2.75) is 33.7 Å². The van der Waals surface area contributed by atoms with Crippen molar-refractivity contribution < 1.29 is 9.18 Å². The fourth-order valence-electron chi connectivity index (χ4n) is 2.20. The Kier molecular flexibility index (Phi) is 4.46. The van der Waals surface area contributed by atoms with E-state index in [4.69, 9.17) is 0 Å². The minimum absolute atomic E-state index is 0.00861. The Morgan fingerprint density at radius 1 is 1.38 bits per heavy atom. The molecule has 2 aromatic rings. The smallest absolute Gasteiger partial charge is 0.258 e. The standard InChI is InChI=1S/C15H17BrFN3O/c1-8(2)20-10(4)14(9(3)19-20)18-15(21)12-6-5-11(16)7-13(12)17/h5-8H,1-4H3,(H,18,21). The highest BCUT2D eigenvalue weighted by molar-refractivity contribution is 9.10. The number of halogens is 2. The maximum Gasteiger partial charge on any atom is 0.258 e. The second kappa shape index (κ2) is 5.97. The Balaban J connectivity index is 2.32. The highest BCUT2D eigenvalue weighted by atomic mass is 79.9. The summed E-state index contributed by atoms with van der Waals surface area (Å²) < 4.78 is 16.3. The Labute approximate surface area is 131 Å². The van der Waals surface area contributed by atoms with Crippen LogP contribution in [0.1, 0.15) is 41.6 Å². The lowest BCUT2D eigenvalue weighted by Gasteiger charge is -2.10. The van der Waals surface area contributed by atoms with Crippen LogP contribution in [0.5, 0.6) is 0 Å². The van der Waals surface area contributed by atoms with Crippen molar-refractivity contribution in [2.24, 2.45) is 0 Å². The zero-order valence-corrected chi connectivity index (χ0v) is 14.0. The fourth-order valence-corrected chi connectivity index (χ4v) is 2.53. The second-order valence-corrected chi connectivity index (χ2v) is 6.08. The molecule has 0 aliphatic carbocycles. The minimum atomic E-state index is -0.562. The predicted molar refractivity (Wildman–Crippen MR) is 84.1 cm³/mol. The van der Waals surface area contributed by atoms with Gasteiger partial charge >= 0.3 is 0 Å². The van der Waals surface area contributed by atoms with Gasteiger partial charge in [0.15, 0.2) is 0 Å². The highest BCUT2D eigenvalue weighted by Crippen LogP contribution is 2.24. The van der Waals surface area contributed by atoms with Crippen molar-refractivity contribution >= 4 is 27.5 Å². The van der Waals surface area contributed by atoms with E-state index in [-0.39, 0.29) is 11.6 Å². The molecule has 2 rings (SSSR count). The van der Waals surface area contributed by atoms with E-state index in [1.54, 1.807) is 6.07 Å². The van der Waals surface area contributed by atoms with Crippen molar-refractivity contribution in [3.8, 4) is 0 Å². The van der Waals surface area contributed by atoms with Crippen molar-refractivity contribution in [1.82, 2.24) is 9.78 Å². The molecule has 0 unspecified atom stereocenters. The van der Waals surface area contributed by atoms with Crippen LogP contribution in [0.4, 0.5) is 10.1 Å². The number of benzene rings is 1. The molecule has 0 fully saturated rings. The number of hydrogen-bond donors (Lipinski definition) is 1. The van der Waals surface area contributed by atoms with Gasteiger partial charge in [0.05, 0.1) is 22.6 Å². The molecule has 0 aliphatic heterocycles. The van der Waals surface area contributed by atoms with Crippen molar-refractivity contribution in [1.29, 1.82) is 0 Å². The molecular weight excluding hydrogens is 337 g/mol. The zero-order chi connectivity index (χ0) is 15.7. The molecular formula is C15H17BrFN3O. The van der Waals surface area contributed by atoms with E-state index >= 15 is 0 Å². The number of carbonyl (C=O) groups excluding carboxylic acids is 1. The van der Waals surface area contributed by atoms with Gasteiger partial charge in [-0.05, 0) is 45.9 Å². The van der Waals surface area contributed by atoms with Crippen LogP contribution >= 0.6 is 15.9 Å². The van der Waals surface area contributed by atoms with E-state index < -0.39 is 11.7 Å². The SMILES string of the molecule is Cc1nn(C(C)C)c(C)c1NC(=O)c1ccc(Br)cc1F. The molecule has 21 heavy (non-hydrogen) atoms. The van der Waals surface area contributed by atoms with Crippen LogP contribution in [0.2, 0.25) is 0 Å². The van der Waals surface area contributed by atoms with E-state index in [0.29, 0.717) is 15.9 Å². The summed E-state index contributed by atoms with van der Waals surface area (Å²) >= 11 is 3.17. The number of aryl methyl sites for hydroxylation is 1. The molecule has 6 heteroatoms. The molecule has 0 atom stereocenters. The Hall–Kier alpha value is -1.69. The molecule has 4 nitrogen and oxygen atoms in total. The van der Waals surface area contributed by atoms with Gasteiger partial charge in [-0.25, -0.2) is 4.39 Å². The van der Waals surface area contributed by atoms with Crippen LogP contribution < -0.4 is 5.32 Å². The van der Waals surface area contributed by atoms with Crippen molar-refractivity contribution in [3.63, 3.8) is 0 Å². The number of hydrogen-bond acceptors (Lipinski definition) is 2. The largest absolute Gasteiger partial charge is 0.319 e. The van der Waals surface area contributed by atoms with Crippen LogP contribution in [0.25, 0.3) is 0 Å². The first-order valence-corrected chi connectivity index (χ1v) is 7.42. The molecule has 1 aromatic heterocycles. The maximum absolute atomic E-state index is 13.8. The summed E-state index contributed by atoms with van der Waals surface area (Å²) in [5.41, 5.74) is 2.21. The maximum atomic E-state index is 13.8. The summed E-state index contributed by atoms with van der Waals surface area (Å²) in [6, 6.07) is 4.55.